The van der Waals surface area contributed by atoms with Crippen LogP contribution in [0.15, 0.2) is 30.3 Å². The zero-order chi connectivity index (χ0) is 19.4. The molecule has 1 aromatic rings. The molecule has 6 nitrogen and oxygen atoms in total. The van der Waals surface area contributed by atoms with Gasteiger partial charge in [0.05, 0.1) is 12.2 Å². The van der Waals surface area contributed by atoms with Crippen molar-refractivity contribution in [1.29, 1.82) is 0 Å². The van der Waals surface area contributed by atoms with E-state index in [1.807, 2.05) is 30.3 Å². The van der Waals surface area contributed by atoms with Crippen molar-refractivity contribution in [2.24, 2.45) is 5.92 Å². The molecule has 0 aliphatic carbocycles. The van der Waals surface area contributed by atoms with Crippen LogP contribution in [0.25, 0.3) is 0 Å². The molecule has 7 heteroatoms. The molecule has 2 rings (SSSR count). The summed E-state index contributed by atoms with van der Waals surface area (Å²) in [5, 5.41) is 2.72. The normalized spacial score (nSPS) is 22.8. The first-order valence-corrected chi connectivity index (χ1v) is 8.66. The van der Waals surface area contributed by atoms with E-state index in [0.29, 0.717) is 0 Å². The van der Waals surface area contributed by atoms with Gasteiger partial charge in [-0.05, 0) is 33.3 Å². The fourth-order valence-corrected chi connectivity index (χ4v) is 2.90. The summed E-state index contributed by atoms with van der Waals surface area (Å²) < 4.78 is 24.1. The quantitative estimate of drug-likeness (QED) is 0.885. The number of hydrogen-bond donors (Lipinski definition) is 1. The second kappa shape index (κ2) is 7.93. The van der Waals surface area contributed by atoms with Crippen molar-refractivity contribution in [2.75, 3.05) is 19.8 Å². The molecule has 0 radical (unpaired) electrons. The van der Waals surface area contributed by atoms with Crippen LogP contribution in [0.1, 0.15) is 33.3 Å². The number of alkyl halides is 1. The van der Waals surface area contributed by atoms with Crippen LogP contribution < -0.4 is 5.32 Å². The van der Waals surface area contributed by atoms with E-state index in [2.05, 4.69) is 5.32 Å². The number of nitrogens with zero attached hydrogens (tertiary/aromatic N) is 1. The highest BCUT2D eigenvalue weighted by atomic mass is 19.1. The average molecular weight is 366 g/mol. The van der Waals surface area contributed by atoms with Gasteiger partial charge in [0.1, 0.15) is 12.2 Å². The maximum absolute atomic E-state index is 13.5. The van der Waals surface area contributed by atoms with Gasteiger partial charge in [-0.25, -0.2) is 9.59 Å². The van der Waals surface area contributed by atoms with Crippen LogP contribution in [-0.2, 0) is 16.1 Å². The minimum absolute atomic E-state index is 0.146. The lowest BCUT2D eigenvalue weighted by Crippen LogP contribution is -2.54. The van der Waals surface area contributed by atoms with Gasteiger partial charge in [-0.1, -0.05) is 30.3 Å². The molecule has 0 saturated carbocycles. The number of carbonyl (C=O) groups excluding carboxylic acids is 2. The molecule has 1 aromatic carbocycles. The van der Waals surface area contributed by atoms with Gasteiger partial charge in [0.25, 0.3) is 0 Å². The predicted molar refractivity (Wildman–Crippen MR) is 95.4 cm³/mol. The molecule has 0 aromatic heterocycles. The van der Waals surface area contributed by atoms with Crippen LogP contribution >= 0.6 is 0 Å². The Bertz CT molecular complexity index is 632. The summed E-state index contributed by atoms with van der Waals surface area (Å²) in [6.07, 6.45) is -1.15. The number of rotatable bonds is 4. The highest BCUT2D eigenvalue weighted by Gasteiger charge is 2.47. The van der Waals surface area contributed by atoms with Crippen LogP contribution in [0.3, 0.4) is 0 Å². The second-order valence-corrected chi connectivity index (χ2v) is 7.82. The largest absolute Gasteiger partial charge is 0.445 e. The molecule has 1 heterocycles. The maximum atomic E-state index is 13.5. The molecule has 2 amide bonds. The van der Waals surface area contributed by atoms with Gasteiger partial charge in [-0.3, -0.25) is 4.39 Å². The minimum atomic E-state index is -0.914. The lowest BCUT2D eigenvalue weighted by Gasteiger charge is -2.31. The SMILES string of the molecule is CC(C)(C)OC(=O)NC1(C)CN(C(=O)OCc2ccccc2)CC1CF. The lowest BCUT2D eigenvalue weighted by atomic mass is 9.90. The number of likely N-dealkylation sites (tertiary alicyclic amines) is 1. The number of benzene rings is 1. The van der Waals surface area contributed by atoms with Crippen molar-refractivity contribution in [2.45, 2.75) is 45.4 Å². The number of nitrogens with one attached hydrogen (secondary N) is 1. The maximum Gasteiger partial charge on any atom is 0.410 e. The average Bonchev–Trinajstić information content (AvgIpc) is 2.88. The molecule has 1 N–H and O–H groups in total. The smallest absolute Gasteiger partial charge is 0.410 e. The highest BCUT2D eigenvalue weighted by Crippen LogP contribution is 2.29. The number of carbonyl (C=O) groups is 2. The standard InChI is InChI=1S/C19H27FN2O4/c1-18(2,3)26-16(23)21-19(4)13-22(11-15(19)10-20)17(24)25-12-14-8-6-5-7-9-14/h5-9,15H,10-13H2,1-4H3,(H,21,23). The summed E-state index contributed by atoms with van der Waals surface area (Å²) in [5.41, 5.74) is -0.696. The van der Waals surface area contributed by atoms with E-state index in [-0.39, 0.29) is 19.7 Å². The molecule has 2 atom stereocenters. The molecule has 1 aliphatic rings. The monoisotopic (exact) mass is 366 g/mol. The van der Waals surface area contributed by atoms with Gasteiger partial charge in [-0.15, -0.1) is 0 Å². The molecule has 1 fully saturated rings. The first-order chi connectivity index (χ1) is 12.1. The predicted octanol–water partition coefficient (Wildman–Crippen LogP) is 3.51. The van der Waals surface area contributed by atoms with Crippen LogP contribution in [0.5, 0.6) is 0 Å². The first kappa shape index (κ1) is 20.0. The third-order valence-corrected chi connectivity index (χ3v) is 4.30. The molecular weight excluding hydrogens is 339 g/mol. The Kier molecular flexibility index (Phi) is 6.10. The minimum Gasteiger partial charge on any atom is -0.445 e. The Balaban J connectivity index is 1.96. The summed E-state index contributed by atoms with van der Waals surface area (Å²) in [5.74, 6) is -0.528. The summed E-state index contributed by atoms with van der Waals surface area (Å²) in [6.45, 7) is 6.80. The number of hydrogen-bond acceptors (Lipinski definition) is 4. The fraction of sp³-hybridized carbons (Fsp3) is 0.579. The van der Waals surface area contributed by atoms with Crippen molar-refractivity contribution in [1.82, 2.24) is 10.2 Å². The van der Waals surface area contributed by atoms with Gasteiger partial charge in [0, 0.05) is 19.0 Å². The van der Waals surface area contributed by atoms with Crippen molar-refractivity contribution in [3.63, 3.8) is 0 Å². The van der Waals surface area contributed by atoms with E-state index in [9.17, 15) is 14.0 Å². The van der Waals surface area contributed by atoms with Crippen LogP contribution in [0.4, 0.5) is 14.0 Å². The lowest BCUT2D eigenvalue weighted by molar-refractivity contribution is 0.0435. The van der Waals surface area contributed by atoms with Crippen molar-refractivity contribution < 1.29 is 23.5 Å². The number of amides is 2. The Labute approximate surface area is 153 Å². The van der Waals surface area contributed by atoms with Crippen LogP contribution in [0, 0.1) is 5.92 Å². The molecule has 2 unspecified atom stereocenters. The Hall–Kier alpha value is -2.31. The van der Waals surface area contributed by atoms with E-state index in [1.165, 1.54) is 4.90 Å². The van der Waals surface area contributed by atoms with Gasteiger partial charge < -0.3 is 19.7 Å². The summed E-state index contributed by atoms with van der Waals surface area (Å²) in [6, 6.07) is 9.32. The fourth-order valence-electron chi connectivity index (χ4n) is 2.90. The summed E-state index contributed by atoms with van der Waals surface area (Å²) >= 11 is 0. The zero-order valence-corrected chi connectivity index (χ0v) is 15.8. The van der Waals surface area contributed by atoms with Crippen molar-refractivity contribution in [3.05, 3.63) is 35.9 Å². The zero-order valence-electron chi connectivity index (χ0n) is 15.8. The van der Waals surface area contributed by atoms with E-state index in [4.69, 9.17) is 9.47 Å². The van der Waals surface area contributed by atoms with E-state index < -0.39 is 35.9 Å². The highest BCUT2D eigenvalue weighted by molar-refractivity contribution is 5.71. The number of halogens is 1. The Morgan fingerprint density at radius 2 is 1.96 bits per heavy atom. The summed E-state index contributed by atoms with van der Waals surface area (Å²) in [7, 11) is 0. The van der Waals surface area contributed by atoms with Gasteiger partial charge in [0.2, 0.25) is 0 Å². The molecule has 1 saturated heterocycles. The molecule has 0 spiro atoms. The molecular formula is C19H27FN2O4. The van der Waals surface area contributed by atoms with Gasteiger partial charge in [-0.2, -0.15) is 0 Å². The third-order valence-electron chi connectivity index (χ3n) is 4.30. The van der Waals surface area contributed by atoms with Gasteiger partial charge in [0.15, 0.2) is 0 Å². The van der Waals surface area contributed by atoms with Gasteiger partial charge >= 0.3 is 12.2 Å². The van der Waals surface area contributed by atoms with Crippen LogP contribution in [0.2, 0.25) is 0 Å². The van der Waals surface area contributed by atoms with E-state index in [0.717, 1.165) is 5.56 Å². The van der Waals surface area contributed by atoms with Crippen molar-refractivity contribution >= 4 is 12.2 Å². The van der Waals surface area contributed by atoms with E-state index in [1.54, 1.807) is 27.7 Å². The molecule has 0 bridgehead atoms. The first-order valence-electron chi connectivity index (χ1n) is 8.66. The number of ether oxygens (including phenoxy) is 2. The van der Waals surface area contributed by atoms with Crippen LogP contribution in [-0.4, -0.2) is 48.0 Å². The Morgan fingerprint density at radius 1 is 1.31 bits per heavy atom. The Morgan fingerprint density at radius 3 is 2.54 bits per heavy atom. The molecule has 1 aliphatic heterocycles. The third kappa shape index (κ3) is 5.34. The number of alkyl carbamates (subject to hydrolysis) is 1. The topological polar surface area (TPSA) is 67.9 Å². The van der Waals surface area contributed by atoms with Crippen molar-refractivity contribution in [3.8, 4) is 0 Å². The second-order valence-electron chi connectivity index (χ2n) is 7.82. The molecule has 144 valence electrons. The summed E-state index contributed by atoms with van der Waals surface area (Å²) in [4.78, 5) is 25.8. The molecule has 26 heavy (non-hydrogen) atoms. The van der Waals surface area contributed by atoms with E-state index >= 15 is 0 Å².